The zero-order chi connectivity index (χ0) is 37.3. The molecule has 0 rings (SSSR count). The van der Waals surface area contributed by atoms with E-state index in [2.05, 4.69) is 0 Å². The third kappa shape index (κ3) is 21.8. The van der Waals surface area contributed by atoms with Crippen molar-refractivity contribution in [1.29, 1.82) is 0 Å². The van der Waals surface area contributed by atoms with Gasteiger partial charge in [-0.1, -0.05) is 0 Å². The molecule has 0 radical (unpaired) electrons. The number of hydrogen-bond donors (Lipinski definition) is 0. The molecule has 0 amide bonds. The second kappa shape index (κ2) is 21.2. The van der Waals surface area contributed by atoms with Gasteiger partial charge in [-0.3, -0.25) is 19.2 Å². The van der Waals surface area contributed by atoms with Crippen LogP contribution in [-0.2, 0) is 67.6 Å². The summed E-state index contributed by atoms with van der Waals surface area (Å²) in [5.41, 5.74) is -1.73. The summed E-state index contributed by atoms with van der Waals surface area (Å²) in [6.07, 6.45) is 1.24. The van der Waals surface area contributed by atoms with E-state index in [1.165, 1.54) is 13.8 Å². The summed E-state index contributed by atoms with van der Waals surface area (Å²) >= 11 is 0. The van der Waals surface area contributed by atoms with Gasteiger partial charge in [-0.05, 0) is 55.4 Å². The molecule has 2 atom stereocenters. The van der Waals surface area contributed by atoms with Gasteiger partial charge >= 0.3 is 11.9 Å². The Hall–Kier alpha value is -2.06. The Labute approximate surface area is 286 Å². The predicted octanol–water partition coefficient (Wildman–Crippen LogP) is 0.955. The lowest BCUT2D eigenvalue weighted by Crippen LogP contribution is -2.49. The molecule has 0 N–H and O–H groups in total. The fourth-order valence-corrected chi connectivity index (χ4v) is 6.12. The van der Waals surface area contributed by atoms with Crippen molar-refractivity contribution in [1.82, 2.24) is 8.61 Å². The van der Waals surface area contributed by atoms with Crippen LogP contribution in [0.25, 0.3) is 0 Å². The van der Waals surface area contributed by atoms with Crippen LogP contribution in [0.5, 0.6) is 0 Å². The van der Waals surface area contributed by atoms with Crippen LogP contribution < -0.4 is 0 Å². The molecule has 0 aliphatic heterocycles. The van der Waals surface area contributed by atoms with Crippen molar-refractivity contribution in [2.24, 2.45) is 0 Å². The Morgan fingerprint density at radius 3 is 0.979 bits per heavy atom. The topological polar surface area (TPSA) is 198 Å². The summed E-state index contributed by atoms with van der Waals surface area (Å²) in [6.45, 7) is 13.0. The van der Waals surface area contributed by atoms with E-state index in [9.17, 15) is 36.0 Å². The van der Waals surface area contributed by atoms with E-state index in [1.807, 2.05) is 0 Å². The fraction of sp³-hybridized carbons (Fsp3) is 0.867. The number of ether oxygens (including phenoxy) is 6. The van der Waals surface area contributed by atoms with Gasteiger partial charge in [0.1, 0.15) is 34.9 Å². The molecular weight excluding hydrogens is 676 g/mol. The second-order valence-corrected chi connectivity index (χ2v) is 17.0. The van der Waals surface area contributed by atoms with Crippen LogP contribution in [-0.4, -0.2) is 151 Å². The van der Waals surface area contributed by atoms with Gasteiger partial charge in [-0.25, -0.2) is 16.8 Å². The fourth-order valence-electron chi connectivity index (χ4n) is 4.07. The summed E-state index contributed by atoms with van der Waals surface area (Å²) in [4.78, 5) is 48.9. The van der Waals surface area contributed by atoms with Crippen molar-refractivity contribution in [3.8, 4) is 0 Å². The number of nitrogens with zero attached hydrogens (tertiary/aromatic N) is 2. The van der Waals surface area contributed by atoms with E-state index < -0.39 is 55.3 Å². The van der Waals surface area contributed by atoms with E-state index >= 15 is 0 Å². The van der Waals surface area contributed by atoms with E-state index in [0.29, 0.717) is 0 Å². The molecule has 282 valence electrons. The quantitative estimate of drug-likeness (QED) is 0.0950. The van der Waals surface area contributed by atoms with Crippen LogP contribution in [0.4, 0.5) is 0 Å². The smallest absolute Gasteiger partial charge is 0.325 e. The minimum Gasteiger partial charge on any atom is -0.459 e. The predicted molar refractivity (Wildman–Crippen MR) is 176 cm³/mol. The van der Waals surface area contributed by atoms with E-state index in [0.717, 1.165) is 21.1 Å². The van der Waals surface area contributed by atoms with Crippen molar-refractivity contribution in [3.63, 3.8) is 0 Å². The first-order valence-corrected chi connectivity index (χ1v) is 19.2. The van der Waals surface area contributed by atoms with Gasteiger partial charge in [0, 0.05) is 25.9 Å². The maximum atomic E-state index is 12.7. The van der Waals surface area contributed by atoms with Gasteiger partial charge in [0.05, 0.1) is 65.4 Å². The number of Topliss-reactive ketones (excluding diaryl/α,β-unsaturated/α-hetero) is 2. The van der Waals surface area contributed by atoms with E-state index in [1.54, 1.807) is 41.5 Å². The SMILES string of the molecule is CC(=O)C[C@@H](C(=O)OC(C)(C)C)N(CCOCCOCCOCCOCCN([C@@H](CC(C)=O)C(=O)OC(C)(C)C)S(C)(=O)=O)S(C)(=O)=O. The van der Waals surface area contributed by atoms with Gasteiger partial charge in [-0.15, -0.1) is 0 Å². The molecule has 0 bridgehead atoms. The highest BCUT2D eigenvalue weighted by Gasteiger charge is 2.37. The van der Waals surface area contributed by atoms with Gasteiger partial charge < -0.3 is 28.4 Å². The third-order valence-corrected chi connectivity index (χ3v) is 8.47. The van der Waals surface area contributed by atoms with Gasteiger partial charge in [0.15, 0.2) is 0 Å². The Morgan fingerprint density at radius 1 is 0.521 bits per heavy atom. The number of hydrogen-bond acceptors (Lipinski definition) is 14. The highest BCUT2D eigenvalue weighted by atomic mass is 32.2. The van der Waals surface area contributed by atoms with Crippen molar-refractivity contribution in [2.45, 2.75) is 91.5 Å². The molecule has 48 heavy (non-hydrogen) atoms. The first kappa shape index (κ1) is 45.9. The van der Waals surface area contributed by atoms with Crippen molar-refractivity contribution < 1.29 is 64.4 Å². The normalized spacial score (nSPS) is 14.2. The summed E-state index contributed by atoms with van der Waals surface area (Å²) < 4.78 is 83.9. The Bertz CT molecular complexity index is 1140. The number of carbonyl (C=O) groups excluding carboxylic acids is 4. The highest BCUT2D eigenvalue weighted by Crippen LogP contribution is 2.18. The van der Waals surface area contributed by atoms with E-state index in [4.69, 9.17) is 28.4 Å². The summed E-state index contributed by atoms with van der Waals surface area (Å²) in [5, 5.41) is 0. The molecule has 0 aromatic rings. The van der Waals surface area contributed by atoms with Crippen LogP contribution >= 0.6 is 0 Å². The molecule has 0 unspecified atom stereocenters. The largest absolute Gasteiger partial charge is 0.459 e. The van der Waals surface area contributed by atoms with Crippen molar-refractivity contribution in [3.05, 3.63) is 0 Å². The molecule has 0 fully saturated rings. The zero-order valence-corrected chi connectivity index (χ0v) is 31.7. The zero-order valence-electron chi connectivity index (χ0n) is 30.1. The molecule has 0 saturated heterocycles. The molecule has 0 saturated carbocycles. The number of ketones is 2. The Balaban J connectivity index is 4.53. The molecule has 0 aromatic carbocycles. The number of rotatable bonds is 25. The van der Waals surface area contributed by atoms with Crippen molar-refractivity contribution in [2.75, 3.05) is 78.5 Å². The third-order valence-electron chi connectivity index (χ3n) is 5.89. The average Bonchev–Trinajstić information content (AvgIpc) is 2.87. The first-order valence-electron chi connectivity index (χ1n) is 15.5. The monoisotopic (exact) mass is 732 g/mol. The van der Waals surface area contributed by atoms with Gasteiger partial charge in [0.2, 0.25) is 20.0 Å². The van der Waals surface area contributed by atoms with Crippen LogP contribution in [0, 0.1) is 0 Å². The first-order chi connectivity index (χ1) is 21.8. The van der Waals surface area contributed by atoms with Gasteiger partial charge in [-0.2, -0.15) is 8.61 Å². The molecule has 0 aliphatic carbocycles. The second-order valence-electron chi connectivity index (χ2n) is 13.1. The minimum absolute atomic E-state index is 0.0501. The van der Waals surface area contributed by atoms with Crippen LogP contribution in [0.15, 0.2) is 0 Å². The molecule has 0 aromatic heterocycles. The van der Waals surface area contributed by atoms with Crippen molar-refractivity contribution >= 4 is 43.6 Å². The Morgan fingerprint density at radius 2 is 0.771 bits per heavy atom. The van der Waals surface area contributed by atoms with E-state index in [-0.39, 0.29) is 90.4 Å². The summed E-state index contributed by atoms with van der Waals surface area (Å²) in [7, 11) is -7.75. The van der Waals surface area contributed by atoms with Crippen LogP contribution in [0.2, 0.25) is 0 Å². The van der Waals surface area contributed by atoms with Gasteiger partial charge in [0.25, 0.3) is 0 Å². The lowest BCUT2D eigenvalue weighted by Gasteiger charge is -2.30. The van der Waals surface area contributed by atoms with Crippen LogP contribution in [0.3, 0.4) is 0 Å². The molecule has 18 heteroatoms. The average molecular weight is 733 g/mol. The lowest BCUT2D eigenvalue weighted by atomic mass is 10.1. The molecular formula is C30H56N2O14S2. The lowest BCUT2D eigenvalue weighted by molar-refractivity contribution is -0.161. The standard InChI is InChI=1S/C30H56N2O14S2/c1-23(33)21-25(27(35)45-29(3,4)5)31(47(9,37)38)11-13-41-15-17-43-19-20-44-18-16-42-14-12-32(48(10,39)40)26(22-24(2)34)28(36)46-30(6,7)8/h25-26H,11-22H2,1-10H3/t25-,26-/m0/s1. The highest BCUT2D eigenvalue weighted by molar-refractivity contribution is 7.88. The summed E-state index contributed by atoms with van der Waals surface area (Å²) in [6, 6.07) is -2.62. The molecule has 16 nitrogen and oxygen atoms in total. The summed E-state index contributed by atoms with van der Waals surface area (Å²) in [5.74, 6) is -2.36. The maximum absolute atomic E-state index is 12.7. The number of esters is 2. The molecule has 0 spiro atoms. The molecule has 0 aliphatic rings. The Kier molecular flexibility index (Phi) is 20.3. The minimum atomic E-state index is -3.87. The maximum Gasteiger partial charge on any atom is 0.325 e. The van der Waals surface area contributed by atoms with Crippen LogP contribution in [0.1, 0.15) is 68.2 Å². The molecule has 0 heterocycles. The number of sulfonamides is 2. The number of carbonyl (C=O) groups is 4.